The minimum absolute atomic E-state index is 0.327. The predicted octanol–water partition coefficient (Wildman–Crippen LogP) is -0.309. The van der Waals surface area contributed by atoms with E-state index in [1.54, 1.807) is 0 Å². The van der Waals surface area contributed by atoms with E-state index in [1.165, 1.54) is 7.11 Å². The van der Waals surface area contributed by atoms with Gasteiger partial charge >= 0.3 is 59.9 Å². The first-order valence-corrected chi connectivity index (χ1v) is 5.39. The van der Waals surface area contributed by atoms with Crippen LogP contribution in [0.2, 0.25) is 11.1 Å². The van der Waals surface area contributed by atoms with Crippen molar-refractivity contribution in [3.05, 3.63) is 0 Å². The van der Waals surface area contributed by atoms with E-state index in [9.17, 15) is 4.79 Å². The zero-order chi connectivity index (χ0) is 7.28. The van der Waals surface area contributed by atoms with E-state index in [-0.39, 0.29) is 0 Å². The van der Waals surface area contributed by atoms with Crippen molar-refractivity contribution in [3.63, 3.8) is 0 Å². The minimum atomic E-state index is -0.903. The Labute approximate surface area is 60.5 Å². The van der Waals surface area contributed by atoms with Crippen molar-refractivity contribution in [2.24, 2.45) is 0 Å². The van der Waals surface area contributed by atoms with Crippen molar-refractivity contribution in [3.8, 4) is 0 Å². The molecule has 1 unspecified atom stereocenters. The molecule has 0 fully saturated rings. The first-order valence-electron chi connectivity index (χ1n) is 2.47. The second-order valence-electron chi connectivity index (χ2n) is 1.49. The third-order valence-electron chi connectivity index (χ3n) is 0.798. The molecule has 54 valence electrons. The molecule has 0 aliphatic heterocycles. The number of esters is 1. The van der Waals surface area contributed by atoms with Crippen LogP contribution in [0.25, 0.3) is 0 Å². The third-order valence-corrected chi connectivity index (χ3v) is 2.16. The van der Waals surface area contributed by atoms with Gasteiger partial charge in [0.2, 0.25) is 0 Å². The Hall–Kier alpha value is -0.0505. The molecule has 9 heavy (non-hydrogen) atoms. The Morgan fingerprint density at radius 1 is 1.89 bits per heavy atom. The summed E-state index contributed by atoms with van der Waals surface area (Å²) in [5, 5.41) is 9.40. The number of aliphatic hydroxyl groups is 1. The summed E-state index contributed by atoms with van der Waals surface area (Å²) < 4.78 is 4.29. The van der Waals surface area contributed by atoms with Gasteiger partial charge in [-0.05, 0) is 0 Å². The van der Waals surface area contributed by atoms with Crippen LogP contribution in [-0.2, 0) is 9.53 Å². The molecule has 0 bridgehead atoms. The predicted molar refractivity (Wildman–Crippen MR) is 34.4 cm³/mol. The second kappa shape index (κ2) is 4.79. The van der Waals surface area contributed by atoms with E-state index in [0.717, 1.165) is 0 Å². The number of carbonyl (C=O) groups excluding carboxylic acids is 1. The van der Waals surface area contributed by atoms with E-state index in [2.05, 4.69) is 4.74 Å². The summed E-state index contributed by atoms with van der Waals surface area (Å²) in [5.41, 5.74) is 0. The van der Waals surface area contributed by atoms with E-state index in [0.29, 0.717) is 20.3 Å². The molecule has 0 heterocycles. The van der Waals surface area contributed by atoms with Crippen molar-refractivity contribution in [2.75, 3.05) is 7.11 Å². The van der Waals surface area contributed by atoms with Crippen molar-refractivity contribution in [1.82, 2.24) is 0 Å². The van der Waals surface area contributed by atoms with Crippen LogP contribution < -0.4 is 0 Å². The Bertz CT molecular complexity index is 94.2. The fraction of sp³-hybridized carbons (Fsp3) is 0.800. The summed E-state index contributed by atoms with van der Waals surface area (Å²) >= 11 is 0.327. The van der Waals surface area contributed by atoms with Crippen LogP contribution in [0.5, 0.6) is 0 Å². The van der Waals surface area contributed by atoms with Crippen LogP contribution in [0.3, 0.4) is 0 Å². The summed E-state index contributed by atoms with van der Waals surface area (Å²) in [7, 11) is 1.27. The molecule has 0 aromatic carbocycles. The molecule has 0 aromatic heterocycles. The number of aliphatic hydroxyl groups excluding tert-OH is 1. The standard InChI is InChI=1S/C5H10O3Se/c1-8-5(7)4(6)3-9-2/h4,6H,3H2,1-2H3. The summed E-state index contributed by atoms with van der Waals surface area (Å²) in [6.07, 6.45) is -0.903. The molecule has 1 N–H and O–H groups in total. The SMILES string of the molecule is COC(=O)C(O)C[Se]C. The van der Waals surface area contributed by atoms with Crippen LogP contribution in [-0.4, -0.2) is 39.2 Å². The molecule has 0 radical (unpaired) electrons. The summed E-state index contributed by atoms with van der Waals surface area (Å²) in [6.45, 7) is 0. The van der Waals surface area contributed by atoms with E-state index >= 15 is 0 Å². The summed E-state index contributed by atoms with van der Waals surface area (Å²) in [4.78, 5) is 10.4. The maximum atomic E-state index is 10.4. The first-order chi connectivity index (χ1) is 4.22. The maximum absolute atomic E-state index is 10.4. The Morgan fingerprint density at radius 3 is 2.78 bits per heavy atom. The molecule has 0 spiro atoms. The fourth-order valence-corrected chi connectivity index (χ4v) is 1.31. The number of rotatable bonds is 3. The molecule has 0 aliphatic rings. The second-order valence-corrected chi connectivity index (χ2v) is 3.40. The molecule has 0 amide bonds. The number of ether oxygens (including phenoxy) is 1. The molecule has 0 saturated heterocycles. The molecular weight excluding hydrogens is 187 g/mol. The molecule has 0 rings (SSSR count). The number of carbonyl (C=O) groups is 1. The van der Waals surface area contributed by atoms with Gasteiger partial charge in [-0.25, -0.2) is 0 Å². The van der Waals surface area contributed by atoms with Crippen LogP contribution in [0.15, 0.2) is 0 Å². The third kappa shape index (κ3) is 3.51. The van der Waals surface area contributed by atoms with Gasteiger partial charge in [0, 0.05) is 0 Å². The average Bonchev–Trinajstić information content (AvgIpc) is 1.87. The van der Waals surface area contributed by atoms with E-state index in [4.69, 9.17) is 5.11 Å². The van der Waals surface area contributed by atoms with Crippen LogP contribution in [0, 0.1) is 0 Å². The topological polar surface area (TPSA) is 46.5 Å². The molecule has 1 atom stereocenters. The fourth-order valence-electron chi connectivity index (χ4n) is 0.362. The summed E-state index contributed by atoms with van der Waals surface area (Å²) in [5.74, 6) is 1.43. The summed E-state index contributed by atoms with van der Waals surface area (Å²) in [6, 6.07) is 0. The molecule has 0 saturated carbocycles. The van der Waals surface area contributed by atoms with Gasteiger partial charge in [0.05, 0.1) is 0 Å². The van der Waals surface area contributed by atoms with Gasteiger partial charge in [0.1, 0.15) is 0 Å². The van der Waals surface area contributed by atoms with Crippen LogP contribution in [0.4, 0.5) is 0 Å². The molecular formula is C5H10O3Se. The number of methoxy groups -OCH3 is 1. The zero-order valence-corrected chi connectivity index (χ0v) is 7.17. The van der Waals surface area contributed by atoms with Crippen molar-refractivity contribution >= 4 is 20.9 Å². The number of hydrogen-bond donors (Lipinski definition) is 1. The molecule has 0 aliphatic carbocycles. The normalized spacial score (nSPS) is 12.8. The van der Waals surface area contributed by atoms with Crippen LogP contribution >= 0.6 is 0 Å². The monoisotopic (exact) mass is 198 g/mol. The van der Waals surface area contributed by atoms with Gasteiger partial charge in [-0.3, -0.25) is 0 Å². The van der Waals surface area contributed by atoms with Gasteiger partial charge in [0.15, 0.2) is 0 Å². The Balaban J connectivity index is 3.45. The van der Waals surface area contributed by atoms with E-state index < -0.39 is 12.1 Å². The van der Waals surface area contributed by atoms with Crippen molar-refractivity contribution in [2.45, 2.75) is 17.2 Å². The number of hydrogen-bond acceptors (Lipinski definition) is 3. The van der Waals surface area contributed by atoms with Gasteiger partial charge in [-0.2, -0.15) is 0 Å². The molecule has 4 heteroatoms. The zero-order valence-electron chi connectivity index (χ0n) is 5.46. The molecule has 0 aromatic rings. The first kappa shape index (κ1) is 8.95. The average molecular weight is 197 g/mol. The Kier molecular flexibility index (Phi) is 4.77. The van der Waals surface area contributed by atoms with E-state index in [1.807, 2.05) is 5.82 Å². The van der Waals surface area contributed by atoms with Gasteiger partial charge < -0.3 is 0 Å². The van der Waals surface area contributed by atoms with Crippen molar-refractivity contribution in [1.29, 1.82) is 0 Å². The van der Waals surface area contributed by atoms with Gasteiger partial charge in [-0.15, -0.1) is 0 Å². The van der Waals surface area contributed by atoms with Crippen LogP contribution in [0.1, 0.15) is 0 Å². The van der Waals surface area contributed by atoms with Gasteiger partial charge in [0.25, 0.3) is 0 Å². The van der Waals surface area contributed by atoms with Gasteiger partial charge in [-0.1, -0.05) is 0 Å². The quantitative estimate of drug-likeness (QED) is 0.498. The van der Waals surface area contributed by atoms with Crippen molar-refractivity contribution < 1.29 is 14.6 Å². The molecule has 3 nitrogen and oxygen atoms in total. The Morgan fingerprint density at radius 2 is 2.44 bits per heavy atom.